The Hall–Kier alpha value is -5.96. The molecule has 0 spiro atoms. The Labute approximate surface area is 302 Å². The van der Waals surface area contributed by atoms with Crippen LogP contribution in [0.2, 0.25) is 0 Å². The summed E-state index contributed by atoms with van der Waals surface area (Å²) in [5, 5.41) is 5.12. The summed E-state index contributed by atoms with van der Waals surface area (Å²) in [4.78, 5) is 2.37. The van der Waals surface area contributed by atoms with Gasteiger partial charge in [-0.15, -0.1) is 11.3 Å². The van der Waals surface area contributed by atoms with Crippen molar-refractivity contribution in [3.63, 3.8) is 0 Å². The zero-order valence-corrected chi connectivity index (χ0v) is 29.4. The highest BCUT2D eigenvalue weighted by molar-refractivity contribution is 7.25. The molecule has 1 aliphatic carbocycles. The van der Waals surface area contributed by atoms with Crippen LogP contribution < -0.4 is 4.90 Å². The number of thiophene rings is 1. The van der Waals surface area contributed by atoms with E-state index >= 15 is 0 Å². The summed E-state index contributed by atoms with van der Waals surface area (Å²) in [7, 11) is 0. The number of fused-ring (bicyclic) bond motifs is 7. The van der Waals surface area contributed by atoms with Gasteiger partial charge >= 0.3 is 0 Å². The molecule has 1 aromatic heterocycles. The van der Waals surface area contributed by atoms with Gasteiger partial charge in [-0.3, -0.25) is 0 Å². The Bertz CT molecular complexity index is 2770. The quantitative estimate of drug-likeness (QED) is 0.176. The standard InChI is InChI=1S/C49H35NS/c1-49(2)45-13-7-5-11-41(45)43-30-36(20-27-46(43)49)33-15-22-38(23-16-33)50(40-26-19-32-9-3-4-10-35(32)29-40)39-24-17-34(18-25-39)37-21-28-48-44(31-37)42-12-6-8-14-47(42)51-48/h3-31H,1-2H3. The molecule has 1 aliphatic rings. The minimum atomic E-state index is 0.00918. The van der Waals surface area contributed by atoms with Crippen LogP contribution in [0.4, 0.5) is 17.1 Å². The average Bonchev–Trinajstić information content (AvgIpc) is 3.67. The SMILES string of the molecule is CC1(C)c2ccccc2-c2cc(-c3ccc(N(c4ccc(-c5ccc6sc7ccccc7c6c5)cc4)c4ccc5ccccc5c4)cc3)ccc21. The van der Waals surface area contributed by atoms with E-state index in [4.69, 9.17) is 0 Å². The van der Waals surface area contributed by atoms with Gasteiger partial charge in [0.05, 0.1) is 0 Å². The van der Waals surface area contributed by atoms with Gasteiger partial charge in [-0.2, -0.15) is 0 Å². The molecule has 10 rings (SSSR count). The Morgan fingerprint density at radius 3 is 1.75 bits per heavy atom. The molecular weight excluding hydrogens is 635 g/mol. The predicted octanol–water partition coefficient (Wildman–Crippen LogP) is 14.3. The van der Waals surface area contributed by atoms with Crippen LogP contribution in [0.5, 0.6) is 0 Å². The topological polar surface area (TPSA) is 3.24 Å². The molecule has 2 heteroatoms. The zero-order valence-electron chi connectivity index (χ0n) is 28.6. The minimum absolute atomic E-state index is 0.00918. The molecule has 0 radical (unpaired) electrons. The molecule has 9 aromatic rings. The molecule has 0 saturated heterocycles. The van der Waals surface area contributed by atoms with E-state index in [0.717, 1.165) is 17.1 Å². The second-order valence-electron chi connectivity index (χ2n) is 14.2. The third-order valence-corrected chi connectivity index (χ3v) is 12.0. The molecule has 1 heterocycles. The molecule has 51 heavy (non-hydrogen) atoms. The number of benzene rings is 8. The fourth-order valence-corrected chi connectivity index (χ4v) is 9.26. The summed E-state index contributed by atoms with van der Waals surface area (Å²) in [6.45, 7) is 4.67. The molecular formula is C49H35NS. The van der Waals surface area contributed by atoms with Gasteiger partial charge in [0.1, 0.15) is 0 Å². The number of hydrogen-bond acceptors (Lipinski definition) is 2. The maximum atomic E-state index is 2.38. The van der Waals surface area contributed by atoms with Crippen LogP contribution in [0.1, 0.15) is 25.0 Å². The van der Waals surface area contributed by atoms with Gasteiger partial charge in [-0.25, -0.2) is 0 Å². The Morgan fingerprint density at radius 1 is 0.392 bits per heavy atom. The lowest BCUT2D eigenvalue weighted by atomic mass is 9.82. The van der Waals surface area contributed by atoms with Crippen molar-refractivity contribution < 1.29 is 0 Å². The van der Waals surface area contributed by atoms with Crippen molar-refractivity contribution in [2.45, 2.75) is 19.3 Å². The average molecular weight is 670 g/mol. The van der Waals surface area contributed by atoms with Crippen molar-refractivity contribution >= 4 is 59.3 Å². The van der Waals surface area contributed by atoms with Gasteiger partial charge < -0.3 is 4.90 Å². The molecule has 0 amide bonds. The van der Waals surface area contributed by atoms with Gasteiger partial charge in [0.25, 0.3) is 0 Å². The normalized spacial score (nSPS) is 13.1. The summed E-state index contributed by atoms with van der Waals surface area (Å²) >= 11 is 1.86. The lowest BCUT2D eigenvalue weighted by Gasteiger charge is -2.26. The fourth-order valence-electron chi connectivity index (χ4n) is 8.17. The van der Waals surface area contributed by atoms with Crippen molar-refractivity contribution in [2.75, 3.05) is 4.90 Å². The van der Waals surface area contributed by atoms with Crippen LogP contribution in [0.15, 0.2) is 176 Å². The molecule has 0 N–H and O–H groups in total. The van der Waals surface area contributed by atoms with Gasteiger partial charge in [0.2, 0.25) is 0 Å². The summed E-state index contributed by atoms with van der Waals surface area (Å²) < 4.78 is 2.67. The number of anilines is 3. The van der Waals surface area contributed by atoms with Crippen molar-refractivity contribution in [2.24, 2.45) is 0 Å². The monoisotopic (exact) mass is 669 g/mol. The molecule has 242 valence electrons. The molecule has 0 bridgehead atoms. The van der Waals surface area contributed by atoms with Crippen LogP contribution in [0.3, 0.4) is 0 Å². The molecule has 0 fully saturated rings. The Kier molecular flexibility index (Phi) is 6.78. The first-order valence-corrected chi connectivity index (χ1v) is 18.5. The van der Waals surface area contributed by atoms with E-state index in [1.165, 1.54) is 75.5 Å². The van der Waals surface area contributed by atoms with Crippen molar-refractivity contribution in [3.05, 3.63) is 187 Å². The van der Waals surface area contributed by atoms with E-state index in [9.17, 15) is 0 Å². The summed E-state index contributed by atoms with van der Waals surface area (Å²) in [5.74, 6) is 0. The van der Waals surface area contributed by atoms with E-state index in [0.29, 0.717) is 0 Å². The lowest BCUT2D eigenvalue weighted by Crippen LogP contribution is -2.14. The highest BCUT2D eigenvalue weighted by atomic mass is 32.1. The van der Waals surface area contributed by atoms with Gasteiger partial charge in [0.15, 0.2) is 0 Å². The van der Waals surface area contributed by atoms with Crippen molar-refractivity contribution in [1.82, 2.24) is 0 Å². The zero-order chi connectivity index (χ0) is 34.1. The van der Waals surface area contributed by atoms with E-state index < -0.39 is 0 Å². The van der Waals surface area contributed by atoms with Crippen LogP contribution in [-0.4, -0.2) is 0 Å². The van der Waals surface area contributed by atoms with Crippen LogP contribution in [0.25, 0.3) is 64.3 Å². The first-order valence-electron chi connectivity index (χ1n) is 17.7. The molecule has 8 aromatic carbocycles. The maximum Gasteiger partial charge on any atom is 0.0468 e. The summed E-state index contributed by atoms with van der Waals surface area (Å²) in [6.07, 6.45) is 0. The van der Waals surface area contributed by atoms with Gasteiger partial charge in [-0.05, 0) is 116 Å². The van der Waals surface area contributed by atoms with Crippen LogP contribution >= 0.6 is 11.3 Å². The van der Waals surface area contributed by atoms with E-state index in [2.05, 4.69) is 195 Å². The number of hydrogen-bond donors (Lipinski definition) is 0. The van der Waals surface area contributed by atoms with Crippen LogP contribution in [0, 0.1) is 0 Å². The predicted molar refractivity (Wildman–Crippen MR) is 220 cm³/mol. The molecule has 0 atom stereocenters. The third kappa shape index (κ3) is 4.90. The third-order valence-electron chi connectivity index (χ3n) is 10.9. The lowest BCUT2D eigenvalue weighted by molar-refractivity contribution is 0.660. The molecule has 1 nitrogen and oxygen atoms in total. The fraction of sp³-hybridized carbons (Fsp3) is 0.0612. The van der Waals surface area contributed by atoms with Crippen LogP contribution in [-0.2, 0) is 5.41 Å². The highest BCUT2D eigenvalue weighted by Gasteiger charge is 2.35. The van der Waals surface area contributed by atoms with Gasteiger partial charge in [-0.1, -0.05) is 129 Å². The minimum Gasteiger partial charge on any atom is -0.310 e. The number of rotatable bonds is 5. The van der Waals surface area contributed by atoms with Crippen molar-refractivity contribution in [1.29, 1.82) is 0 Å². The Morgan fingerprint density at radius 2 is 0.961 bits per heavy atom. The summed E-state index contributed by atoms with van der Waals surface area (Å²) in [5.41, 5.74) is 13.8. The van der Waals surface area contributed by atoms with Gasteiger partial charge in [0, 0.05) is 42.6 Å². The maximum absolute atomic E-state index is 2.38. The number of nitrogens with zero attached hydrogens (tertiary/aromatic N) is 1. The van der Waals surface area contributed by atoms with E-state index in [1.54, 1.807) is 0 Å². The Balaban J connectivity index is 1.03. The van der Waals surface area contributed by atoms with E-state index in [-0.39, 0.29) is 5.41 Å². The molecule has 0 aliphatic heterocycles. The highest BCUT2D eigenvalue weighted by Crippen LogP contribution is 2.49. The largest absolute Gasteiger partial charge is 0.310 e. The first kappa shape index (κ1) is 29.9. The van der Waals surface area contributed by atoms with Crippen molar-refractivity contribution in [3.8, 4) is 33.4 Å². The van der Waals surface area contributed by atoms with E-state index in [1.807, 2.05) is 11.3 Å². The molecule has 0 saturated carbocycles. The second-order valence-corrected chi connectivity index (χ2v) is 15.3. The smallest absolute Gasteiger partial charge is 0.0468 e. The first-order chi connectivity index (χ1) is 25.0. The second kappa shape index (κ2) is 11.6. The summed E-state index contributed by atoms with van der Waals surface area (Å²) in [6, 6.07) is 64.9. The molecule has 0 unspecified atom stereocenters.